The average Bonchev–Trinajstić information content (AvgIpc) is 2.62. The van der Waals surface area contributed by atoms with E-state index >= 15 is 0 Å². The second kappa shape index (κ2) is 21.5. The molecule has 0 rings (SSSR count). The molecule has 0 nitrogen and oxygen atoms in total. The van der Waals surface area contributed by atoms with Crippen LogP contribution in [0, 0.1) is 0 Å². The summed E-state index contributed by atoms with van der Waals surface area (Å²) in [6, 6.07) is 1.30. The van der Waals surface area contributed by atoms with Gasteiger partial charge in [-0.2, -0.15) is 11.1 Å². The minimum atomic E-state index is -1.30. The van der Waals surface area contributed by atoms with Crippen LogP contribution in [-0.4, -0.2) is 13.3 Å². The average molecular weight is 438 g/mol. The van der Waals surface area contributed by atoms with Gasteiger partial charge in [0.1, 0.15) is 7.38 Å². The highest BCUT2D eigenvalue weighted by atomic mass is 35.6. The third kappa shape index (κ3) is 26.8. The minimum absolute atomic E-state index is 0.842. The maximum Gasteiger partial charge on any atom is 0.150 e. The van der Waals surface area contributed by atoms with Crippen molar-refractivity contribution in [2.75, 3.05) is 5.88 Å². The molecule has 0 aliphatic rings. The highest BCUT2D eigenvalue weighted by molar-refractivity contribution is 7.19. The molecule has 0 aromatic heterocycles. The molecule has 0 radical (unpaired) electrons. The summed E-state index contributed by atoms with van der Waals surface area (Å²) in [6.07, 6.45) is 28.5. The molecule has 0 bridgehead atoms. The van der Waals surface area contributed by atoms with Crippen LogP contribution < -0.4 is 0 Å². The first-order valence-corrected chi connectivity index (χ1v) is 17.1. The molecule has 27 heavy (non-hydrogen) atoms. The van der Waals surface area contributed by atoms with Gasteiger partial charge in [-0.15, -0.1) is 11.6 Å². The molecule has 0 unspecified atom stereocenters. The molecule has 0 N–H and O–H groups in total. The number of rotatable bonds is 22. The lowest BCUT2D eigenvalue weighted by Gasteiger charge is -2.11. The summed E-state index contributed by atoms with van der Waals surface area (Å²) < 4.78 is 0. The molecule has 0 atom stereocenters. The van der Waals surface area contributed by atoms with Gasteiger partial charge in [-0.05, 0) is 12.5 Å². The first-order valence-electron chi connectivity index (χ1n) is 12.3. The van der Waals surface area contributed by atoms with Crippen LogP contribution in [0.25, 0.3) is 0 Å². The fourth-order valence-corrected chi connectivity index (χ4v) is 5.50. The lowest BCUT2D eigenvalue weighted by atomic mass is 10.0. The molecule has 0 spiro atoms. The first kappa shape index (κ1) is 27.8. The van der Waals surface area contributed by atoms with Crippen molar-refractivity contribution in [3.8, 4) is 0 Å². The van der Waals surface area contributed by atoms with Gasteiger partial charge < -0.3 is 0 Å². The normalized spacial score (nSPS) is 12.0. The Hall–Kier alpha value is 0.797. The molecule has 3 heteroatoms. The van der Waals surface area contributed by atoms with Gasteiger partial charge in [0.15, 0.2) is 0 Å². The topological polar surface area (TPSA) is 0 Å². The Labute approximate surface area is 183 Å². The van der Waals surface area contributed by atoms with Crippen LogP contribution >= 0.6 is 22.7 Å². The Balaban J connectivity index is 3.01. The van der Waals surface area contributed by atoms with Crippen LogP contribution in [0.1, 0.15) is 128 Å². The van der Waals surface area contributed by atoms with Crippen molar-refractivity contribution in [1.29, 1.82) is 0 Å². The SMILES string of the molecule is C[Si](C)(Cl)CCCCCCCCCCCCCCCCCCCCCCCl. The number of unbranched alkanes of at least 4 members (excludes halogenated alkanes) is 19. The number of hydrogen-bond donors (Lipinski definition) is 0. The van der Waals surface area contributed by atoms with Crippen molar-refractivity contribution in [3.05, 3.63) is 0 Å². The summed E-state index contributed by atoms with van der Waals surface area (Å²) in [5.74, 6) is 0.842. The molecule has 0 saturated carbocycles. The molecule has 0 aromatic rings. The smallest absolute Gasteiger partial charge is 0.150 e. The summed E-state index contributed by atoms with van der Waals surface area (Å²) in [6.45, 7) is 4.53. The van der Waals surface area contributed by atoms with E-state index in [1.54, 1.807) is 0 Å². The van der Waals surface area contributed by atoms with Gasteiger partial charge in [0.2, 0.25) is 0 Å². The molecular weight excluding hydrogens is 387 g/mol. The van der Waals surface area contributed by atoms with Crippen LogP contribution in [0.5, 0.6) is 0 Å². The molecule has 0 heterocycles. The maximum atomic E-state index is 6.36. The molecule has 0 saturated heterocycles. The van der Waals surface area contributed by atoms with Crippen LogP contribution in [0.15, 0.2) is 0 Å². The standard InChI is InChI=1S/C24H50Cl2Si/c1-27(2,26)24-22-20-18-16-14-12-10-8-6-4-3-5-7-9-11-13-15-17-19-21-23-25/h3-24H2,1-2H3. The fraction of sp³-hybridized carbons (Fsp3) is 1.00. The van der Waals surface area contributed by atoms with E-state index in [2.05, 4.69) is 13.1 Å². The minimum Gasteiger partial charge on any atom is -0.168 e. The number of alkyl halides is 1. The van der Waals surface area contributed by atoms with Crippen LogP contribution in [0.3, 0.4) is 0 Å². The van der Waals surface area contributed by atoms with Crippen LogP contribution in [0.4, 0.5) is 0 Å². The third-order valence-corrected chi connectivity index (χ3v) is 8.03. The molecule has 0 fully saturated rings. The van der Waals surface area contributed by atoms with E-state index in [1.165, 1.54) is 134 Å². The van der Waals surface area contributed by atoms with Crippen molar-refractivity contribution in [2.24, 2.45) is 0 Å². The first-order chi connectivity index (χ1) is 13.1. The molecule has 0 amide bonds. The van der Waals surface area contributed by atoms with E-state index in [0.29, 0.717) is 0 Å². The Morgan fingerprint density at radius 2 is 0.630 bits per heavy atom. The second-order valence-electron chi connectivity index (χ2n) is 9.23. The zero-order chi connectivity index (χ0) is 20.1. The maximum absolute atomic E-state index is 6.36. The van der Waals surface area contributed by atoms with Gasteiger partial charge >= 0.3 is 0 Å². The van der Waals surface area contributed by atoms with Crippen molar-refractivity contribution in [3.63, 3.8) is 0 Å². The van der Waals surface area contributed by atoms with Crippen molar-refractivity contribution in [1.82, 2.24) is 0 Å². The zero-order valence-electron chi connectivity index (χ0n) is 18.8. The van der Waals surface area contributed by atoms with E-state index < -0.39 is 7.38 Å². The van der Waals surface area contributed by atoms with Crippen molar-refractivity contribution < 1.29 is 0 Å². The van der Waals surface area contributed by atoms with Crippen LogP contribution in [0.2, 0.25) is 19.1 Å². The summed E-state index contributed by atoms with van der Waals surface area (Å²) >= 11 is 12.1. The quantitative estimate of drug-likeness (QED) is 0.0683. The summed E-state index contributed by atoms with van der Waals surface area (Å²) in [4.78, 5) is 0. The highest BCUT2D eigenvalue weighted by Crippen LogP contribution is 2.19. The highest BCUT2D eigenvalue weighted by Gasteiger charge is 2.15. The fourth-order valence-electron chi connectivity index (χ4n) is 3.82. The van der Waals surface area contributed by atoms with Gasteiger partial charge in [-0.25, -0.2) is 0 Å². The lowest BCUT2D eigenvalue weighted by Crippen LogP contribution is -2.14. The Morgan fingerprint density at radius 1 is 0.407 bits per heavy atom. The van der Waals surface area contributed by atoms with E-state index in [-0.39, 0.29) is 0 Å². The van der Waals surface area contributed by atoms with Gasteiger partial charge in [0.25, 0.3) is 0 Å². The molecule has 164 valence electrons. The number of halogens is 2. The molecule has 0 aromatic carbocycles. The largest absolute Gasteiger partial charge is 0.168 e. The molecule has 0 aliphatic heterocycles. The van der Waals surface area contributed by atoms with E-state index in [9.17, 15) is 0 Å². The predicted molar refractivity (Wildman–Crippen MR) is 131 cm³/mol. The molecular formula is C24H50Cl2Si. The Bertz CT molecular complexity index is 276. The van der Waals surface area contributed by atoms with E-state index in [0.717, 1.165) is 5.88 Å². The summed E-state index contributed by atoms with van der Waals surface area (Å²) in [5.41, 5.74) is 0. The molecule has 0 aliphatic carbocycles. The van der Waals surface area contributed by atoms with Gasteiger partial charge in [0.05, 0.1) is 0 Å². The van der Waals surface area contributed by atoms with Gasteiger partial charge in [0, 0.05) is 5.88 Å². The lowest BCUT2D eigenvalue weighted by molar-refractivity contribution is 0.523. The van der Waals surface area contributed by atoms with Crippen molar-refractivity contribution in [2.45, 2.75) is 148 Å². The zero-order valence-corrected chi connectivity index (χ0v) is 21.3. The summed E-state index contributed by atoms with van der Waals surface area (Å²) in [7, 11) is -1.30. The van der Waals surface area contributed by atoms with Crippen LogP contribution in [-0.2, 0) is 0 Å². The van der Waals surface area contributed by atoms with Gasteiger partial charge in [-0.3, -0.25) is 0 Å². The number of hydrogen-bond acceptors (Lipinski definition) is 0. The van der Waals surface area contributed by atoms with Crippen molar-refractivity contribution >= 4 is 30.1 Å². The Kier molecular flexibility index (Phi) is 22.1. The third-order valence-electron chi connectivity index (χ3n) is 5.65. The van der Waals surface area contributed by atoms with Gasteiger partial charge in [-0.1, -0.05) is 135 Å². The van der Waals surface area contributed by atoms with E-state index in [1.807, 2.05) is 0 Å². The predicted octanol–water partition coefficient (Wildman–Crippen LogP) is 10.5. The Morgan fingerprint density at radius 3 is 0.852 bits per heavy atom. The van der Waals surface area contributed by atoms with E-state index in [4.69, 9.17) is 22.7 Å². The second-order valence-corrected chi connectivity index (χ2v) is 16.6. The monoisotopic (exact) mass is 436 g/mol. The summed E-state index contributed by atoms with van der Waals surface area (Å²) in [5, 5.41) is 0.